The van der Waals surface area contributed by atoms with E-state index in [0.29, 0.717) is 0 Å². The molecule has 5 heteroatoms. The van der Waals surface area contributed by atoms with Crippen LogP contribution in [0, 0.1) is 0 Å². The molecule has 0 aliphatic carbocycles. The molecular weight excluding hydrogens is 314 g/mol. The van der Waals surface area contributed by atoms with Crippen LogP contribution < -0.4 is 10.9 Å². The van der Waals surface area contributed by atoms with Crippen molar-refractivity contribution in [3.63, 3.8) is 0 Å². The van der Waals surface area contributed by atoms with E-state index in [1.54, 1.807) is 5.01 Å². The second-order valence-electron chi connectivity index (χ2n) is 7.06. The van der Waals surface area contributed by atoms with Gasteiger partial charge in [-0.25, -0.2) is 10.6 Å². The first kappa shape index (κ1) is 17.2. The highest BCUT2D eigenvalue weighted by Crippen LogP contribution is 2.26. The van der Waals surface area contributed by atoms with E-state index in [2.05, 4.69) is 0 Å². The number of hydrogen-bond donors (Lipinski definition) is 1. The number of ether oxygens (including phenoxy) is 1. The monoisotopic (exact) mass is 337 g/mol. The molecule has 0 saturated heterocycles. The SMILES string of the molecule is CC(C)(C)OC(=O)C1CN(N)c2ccccc2C(c2ccccc2)=N1. The number of para-hydroxylation sites is 1. The normalized spacial score (nSPS) is 17.4. The second kappa shape index (κ2) is 6.69. The standard InChI is InChI=1S/C20H23N3O2/c1-20(2,3)25-19(24)16-13-23(21)17-12-8-7-11-15(17)18(22-16)14-9-5-4-6-10-14/h4-12,16H,13,21H2,1-3H3. The first-order valence-corrected chi connectivity index (χ1v) is 8.33. The van der Waals surface area contributed by atoms with Crippen molar-refractivity contribution in [2.24, 2.45) is 10.8 Å². The Morgan fingerprint density at radius 2 is 1.76 bits per heavy atom. The zero-order chi connectivity index (χ0) is 18.0. The van der Waals surface area contributed by atoms with Crippen LogP contribution in [-0.2, 0) is 9.53 Å². The third-order valence-electron chi connectivity index (χ3n) is 3.85. The number of aliphatic imine (C=N–C) groups is 1. The largest absolute Gasteiger partial charge is 0.458 e. The lowest BCUT2D eigenvalue weighted by Gasteiger charge is -2.24. The number of hydrogen-bond acceptors (Lipinski definition) is 5. The third kappa shape index (κ3) is 3.88. The Labute approximate surface area is 148 Å². The fourth-order valence-electron chi connectivity index (χ4n) is 2.80. The number of fused-ring (bicyclic) bond motifs is 1. The summed E-state index contributed by atoms with van der Waals surface area (Å²) in [7, 11) is 0. The first-order chi connectivity index (χ1) is 11.8. The highest BCUT2D eigenvalue weighted by molar-refractivity contribution is 6.17. The molecule has 1 aliphatic rings. The third-order valence-corrected chi connectivity index (χ3v) is 3.85. The van der Waals surface area contributed by atoms with Gasteiger partial charge in [-0.1, -0.05) is 48.5 Å². The molecule has 130 valence electrons. The lowest BCUT2D eigenvalue weighted by molar-refractivity contribution is -0.156. The molecule has 0 spiro atoms. The number of esters is 1. The van der Waals surface area contributed by atoms with Crippen LogP contribution in [0.5, 0.6) is 0 Å². The van der Waals surface area contributed by atoms with Gasteiger partial charge in [-0.2, -0.15) is 0 Å². The number of hydrazine groups is 1. The van der Waals surface area contributed by atoms with Crippen LogP contribution in [0.1, 0.15) is 31.9 Å². The molecule has 25 heavy (non-hydrogen) atoms. The summed E-state index contributed by atoms with van der Waals surface area (Å²) in [6.45, 7) is 5.80. The number of benzodiazepines with no additional fused rings is 1. The predicted molar refractivity (Wildman–Crippen MR) is 99.7 cm³/mol. The molecule has 0 bridgehead atoms. The van der Waals surface area contributed by atoms with Crippen molar-refractivity contribution >= 4 is 17.4 Å². The zero-order valence-corrected chi connectivity index (χ0v) is 14.8. The number of benzene rings is 2. The van der Waals surface area contributed by atoms with Gasteiger partial charge >= 0.3 is 5.97 Å². The van der Waals surface area contributed by atoms with E-state index in [1.165, 1.54) is 0 Å². The van der Waals surface area contributed by atoms with Crippen molar-refractivity contribution in [2.75, 3.05) is 11.6 Å². The van der Waals surface area contributed by atoms with Gasteiger partial charge in [0, 0.05) is 11.1 Å². The van der Waals surface area contributed by atoms with E-state index < -0.39 is 11.6 Å². The Hall–Kier alpha value is -2.66. The maximum Gasteiger partial charge on any atom is 0.333 e. The van der Waals surface area contributed by atoms with Crippen molar-refractivity contribution in [3.05, 3.63) is 65.7 Å². The zero-order valence-electron chi connectivity index (χ0n) is 14.8. The molecule has 2 N–H and O–H groups in total. The van der Waals surface area contributed by atoms with Crippen molar-refractivity contribution in [1.29, 1.82) is 0 Å². The quantitative estimate of drug-likeness (QED) is 0.676. The van der Waals surface area contributed by atoms with Crippen LogP contribution in [0.25, 0.3) is 0 Å². The minimum Gasteiger partial charge on any atom is -0.458 e. The molecule has 0 radical (unpaired) electrons. The topological polar surface area (TPSA) is 67.9 Å². The van der Waals surface area contributed by atoms with Crippen LogP contribution in [0.15, 0.2) is 59.6 Å². The molecule has 2 aromatic carbocycles. The summed E-state index contributed by atoms with van der Waals surface area (Å²) in [4.78, 5) is 17.4. The number of carbonyl (C=O) groups is 1. The van der Waals surface area contributed by atoms with Crippen molar-refractivity contribution in [2.45, 2.75) is 32.4 Å². The van der Waals surface area contributed by atoms with Crippen LogP contribution in [0.4, 0.5) is 5.69 Å². The van der Waals surface area contributed by atoms with Crippen LogP contribution in [0.2, 0.25) is 0 Å². The minimum atomic E-state index is -0.688. The summed E-state index contributed by atoms with van der Waals surface area (Å²) < 4.78 is 5.54. The van der Waals surface area contributed by atoms with Crippen LogP contribution in [0.3, 0.4) is 0 Å². The molecule has 3 rings (SSSR count). The van der Waals surface area contributed by atoms with Gasteiger partial charge in [0.25, 0.3) is 0 Å². The Kier molecular flexibility index (Phi) is 4.59. The highest BCUT2D eigenvalue weighted by atomic mass is 16.6. The van der Waals surface area contributed by atoms with Crippen molar-refractivity contribution < 1.29 is 9.53 Å². The molecular formula is C20H23N3O2. The molecule has 1 aliphatic heterocycles. The van der Waals surface area contributed by atoms with E-state index in [0.717, 1.165) is 22.5 Å². The number of nitrogens with zero attached hydrogens (tertiary/aromatic N) is 2. The number of nitrogens with two attached hydrogens (primary N) is 1. The maximum atomic E-state index is 12.6. The molecule has 2 aromatic rings. The van der Waals surface area contributed by atoms with Gasteiger partial charge in [0.1, 0.15) is 5.60 Å². The van der Waals surface area contributed by atoms with Gasteiger partial charge in [0.2, 0.25) is 0 Å². The number of rotatable bonds is 2. The first-order valence-electron chi connectivity index (χ1n) is 8.33. The molecule has 0 aromatic heterocycles. The summed E-state index contributed by atoms with van der Waals surface area (Å²) in [5.74, 6) is 5.86. The van der Waals surface area contributed by atoms with Gasteiger partial charge in [-0.3, -0.25) is 4.99 Å². The summed E-state index contributed by atoms with van der Waals surface area (Å²) in [6, 6.07) is 16.9. The Balaban J connectivity index is 2.08. The highest BCUT2D eigenvalue weighted by Gasteiger charge is 2.30. The Bertz CT molecular complexity index is 794. The average Bonchev–Trinajstić information content (AvgIpc) is 2.72. The molecule has 1 heterocycles. The van der Waals surface area contributed by atoms with Gasteiger partial charge < -0.3 is 9.75 Å². The maximum absolute atomic E-state index is 12.6. The summed E-state index contributed by atoms with van der Waals surface area (Å²) >= 11 is 0. The van der Waals surface area contributed by atoms with Crippen molar-refractivity contribution in [1.82, 2.24) is 0 Å². The van der Waals surface area contributed by atoms with E-state index in [4.69, 9.17) is 15.6 Å². The summed E-state index contributed by atoms with van der Waals surface area (Å²) in [5, 5.41) is 1.57. The fraction of sp³-hybridized carbons (Fsp3) is 0.300. The van der Waals surface area contributed by atoms with Gasteiger partial charge in [0.05, 0.1) is 17.9 Å². The summed E-state index contributed by atoms with van der Waals surface area (Å²) in [6.07, 6.45) is 0. The van der Waals surface area contributed by atoms with Gasteiger partial charge in [0.15, 0.2) is 6.04 Å². The van der Waals surface area contributed by atoms with Crippen molar-refractivity contribution in [3.8, 4) is 0 Å². The van der Waals surface area contributed by atoms with E-state index in [-0.39, 0.29) is 12.5 Å². The molecule has 0 saturated carbocycles. The Morgan fingerprint density at radius 3 is 2.44 bits per heavy atom. The van der Waals surface area contributed by atoms with Gasteiger partial charge in [-0.15, -0.1) is 0 Å². The van der Waals surface area contributed by atoms with E-state index in [1.807, 2.05) is 75.4 Å². The number of carbonyl (C=O) groups excluding carboxylic acids is 1. The molecule has 5 nitrogen and oxygen atoms in total. The summed E-state index contributed by atoms with van der Waals surface area (Å²) in [5.41, 5.74) is 2.87. The van der Waals surface area contributed by atoms with Gasteiger partial charge in [-0.05, 0) is 26.8 Å². The minimum absolute atomic E-state index is 0.266. The molecule has 0 fully saturated rings. The molecule has 1 atom stereocenters. The lowest BCUT2D eigenvalue weighted by Crippen LogP contribution is -2.42. The molecule has 1 unspecified atom stereocenters. The average molecular weight is 337 g/mol. The molecule has 0 amide bonds. The Morgan fingerprint density at radius 1 is 1.12 bits per heavy atom. The fourth-order valence-corrected chi connectivity index (χ4v) is 2.80. The second-order valence-corrected chi connectivity index (χ2v) is 7.06. The van der Waals surface area contributed by atoms with E-state index in [9.17, 15) is 4.79 Å². The number of anilines is 1. The van der Waals surface area contributed by atoms with E-state index >= 15 is 0 Å². The predicted octanol–water partition coefficient (Wildman–Crippen LogP) is 2.93. The van der Waals surface area contributed by atoms with Crippen LogP contribution in [-0.4, -0.2) is 29.9 Å². The smallest absolute Gasteiger partial charge is 0.333 e. The van der Waals surface area contributed by atoms with Crippen LogP contribution >= 0.6 is 0 Å². The lowest BCUT2D eigenvalue weighted by atomic mass is 10.0.